The SMILES string of the molecule is CCOc1ccc(NC(=O)CSc2nnc(C(C)Oc3ccc(C)c(C)c3)n2C)cc1. The van der Waals surface area contributed by atoms with Crippen LogP contribution in [0.2, 0.25) is 0 Å². The number of anilines is 1. The molecule has 0 radical (unpaired) electrons. The van der Waals surface area contributed by atoms with Gasteiger partial charge in [0.2, 0.25) is 5.91 Å². The summed E-state index contributed by atoms with van der Waals surface area (Å²) in [4.78, 5) is 12.3. The fourth-order valence-corrected chi connectivity index (χ4v) is 3.70. The molecule has 164 valence electrons. The molecule has 8 heteroatoms. The average Bonchev–Trinajstić information content (AvgIpc) is 3.11. The smallest absolute Gasteiger partial charge is 0.234 e. The van der Waals surface area contributed by atoms with E-state index < -0.39 is 0 Å². The topological polar surface area (TPSA) is 78.3 Å². The van der Waals surface area contributed by atoms with E-state index in [0.29, 0.717) is 17.6 Å². The Hall–Kier alpha value is -3.00. The molecule has 0 saturated carbocycles. The Balaban J connectivity index is 1.55. The van der Waals surface area contributed by atoms with Crippen molar-refractivity contribution in [1.29, 1.82) is 0 Å². The molecule has 0 aliphatic carbocycles. The number of nitrogens with one attached hydrogen (secondary N) is 1. The van der Waals surface area contributed by atoms with Crippen molar-refractivity contribution < 1.29 is 14.3 Å². The first kappa shape index (κ1) is 22.7. The molecule has 3 rings (SSSR count). The van der Waals surface area contributed by atoms with E-state index in [0.717, 1.165) is 17.2 Å². The molecule has 31 heavy (non-hydrogen) atoms. The third kappa shape index (κ3) is 6.01. The van der Waals surface area contributed by atoms with Gasteiger partial charge < -0.3 is 19.4 Å². The van der Waals surface area contributed by atoms with Crippen LogP contribution >= 0.6 is 11.8 Å². The minimum Gasteiger partial charge on any atom is -0.494 e. The summed E-state index contributed by atoms with van der Waals surface area (Å²) >= 11 is 1.33. The first-order valence-electron chi connectivity index (χ1n) is 10.2. The van der Waals surface area contributed by atoms with Crippen molar-refractivity contribution in [2.45, 2.75) is 39.0 Å². The summed E-state index contributed by atoms with van der Waals surface area (Å²) in [5.74, 6) is 2.39. The fourth-order valence-electron chi connectivity index (χ4n) is 2.98. The maximum Gasteiger partial charge on any atom is 0.234 e. The number of ether oxygens (including phenoxy) is 2. The molecule has 0 fully saturated rings. The second-order valence-electron chi connectivity index (χ2n) is 7.20. The summed E-state index contributed by atoms with van der Waals surface area (Å²) < 4.78 is 13.3. The van der Waals surface area contributed by atoms with Crippen LogP contribution in [0.4, 0.5) is 5.69 Å². The molecule has 0 saturated heterocycles. The Morgan fingerprint density at radius 1 is 1.10 bits per heavy atom. The minimum absolute atomic E-state index is 0.113. The molecule has 1 amide bonds. The number of nitrogens with zero attached hydrogens (tertiary/aromatic N) is 3. The fraction of sp³-hybridized carbons (Fsp3) is 0.348. The highest BCUT2D eigenvalue weighted by atomic mass is 32.2. The first-order chi connectivity index (χ1) is 14.9. The van der Waals surface area contributed by atoms with Gasteiger partial charge in [0.15, 0.2) is 17.1 Å². The largest absolute Gasteiger partial charge is 0.494 e. The molecule has 1 aromatic heterocycles. The first-order valence-corrected chi connectivity index (χ1v) is 11.1. The lowest BCUT2D eigenvalue weighted by atomic mass is 10.1. The Morgan fingerprint density at radius 2 is 1.81 bits per heavy atom. The molecular weight excluding hydrogens is 412 g/mol. The molecule has 0 aliphatic rings. The lowest BCUT2D eigenvalue weighted by Gasteiger charge is -2.15. The minimum atomic E-state index is -0.272. The van der Waals surface area contributed by atoms with Crippen LogP contribution < -0.4 is 14.8 Å². The molecule has 0 aliphatic heterocycles. The number of carbonyl (C=O) groups is 1. The Bertz CT molecular complexity index is 1030. The predicted molar refractivity (Wildman–Crippen MR) is 123 cm³/mol. The summed E-state index contributed by atoms with van der Waals surface area (Å²) in [6.45, 7) is 8.60. The van der Waals surface area contributed by atoms with Gasteiger partial charge in [0.05, 0.1) is 12.4 Å². The summed E-state index contributed by atoms with van der Waals surface area (Å²) in [7, 11) is 1.88. The van der Waals surface area contributed by atoms with Crippen molar-refractivity contribution >= 4 is 23.4 Å². The van der Waals surface area contributed by atoms with E-state index in [1.165, 1.54) is 22.9 Å². The van der Waals surface area contributed by atoms with Gasteiger partial charge in [-0.15, -0.1) is 10.2 Å². The summed E-state index contributed by atoms with van der Waals surface area (Å²) in [5.41, 5.74) is 3.13. The van der Waals surface area contributed by atoms with Crippen molar-refractivity contribution in [1.82, 2.24) is 14.8 Å². The number of hydrogen-bond acceptors (Lipinski definition) is 6. The maximum absolute atomic E-state index is 12.3. The second kappa shape index (κ2) is 10.3. The molecule has 2 aromatic carbocycles. The molecule has 0 spiro atoms. The predicted octanol–water partition coefficient (Wildman–Crippen LogP) is 4.70. The van der Waals surface area contributed by atoms with E-state index in [4.69, 9.17) is 9.47 Å². The van der Waals surface area contributed by atoms with E-state index in [-0.39, 0.29) is 17.8 Å². The lowest BCUT2D eigenvalue weighted by Crippen LogP contribution is -2.15. The van der Waals surface area contributed by atoms with Gasteiger partial charge in [-0.3, -0.25) is 4.79 Å². The van der Waals surface area contributed by atoms with Crippen molar-refractivity contribution in [3.05, 3.63) is 59.4 Å². The number of thioether (sulfide) groups is 1. The van der Waals surface area contributed by atoms with Crippen LogP contribution in [-0.4, -0.2) is 33.0 Å². The molecule has 1 heterocycles. The van der Waals surface area contributed by atoms with E-state index in [2.05, 4.69) is 29.4 Å². The van der Waals surface area contributed by atoms with E-state index in [9.17, 15) is 4.79 Å². The van der Waals surface area contributed by atoms with Crippen LogP contribution in [0.25, 0.3) is 0 Å². The number of carbonyl (C=O) groups excluding carboxylic acids is 1. The number of aromatic nitrogens is 3. The highest BCUT2D eigenvalue weighted by Crippen LogP contribution is 2.25. The molecule has 3 aromatic rings. The summed E-state index contributed by atoms with van der Waals surface area (Å²) in [6, 6.07) is 13.3. The molecule has 1 N–H and O–H groups in total. The van der Waals surface area contributed by atoms with Crippen LogP contribution in [0.1, 0.15) is 36.9 Å². The van der Waals surface area contributed by atoms with Gasteiger partial charge in [-0.05, 0) is 75.2 Å². The summed E-state index contributed by atoms with van der Waals surface area (Å²) in [5, 5.41) is 12.0. The normalized spacial score (nSPS) is 11.8. The van der Waals surface area contributed by atoms with Gasteiger partial charge in [-0.25, -0.2) is 0 Å². The van der Waals surface area contributed by atoms with Crippen LogP contribution in [-0.2, 0) is 11.8 Å². The van der Waals surface area contributed by atoms with Gasteiger partial charge >= 0.3 is 0 Å². The van der Waals surface area contributed by atoms with E-state index >= 15 is 0 Å². The molecule has 1 unspecified atom stereocenters. The van der Waals surface area contributed by atoms with E-state index in [1.54, 1.807) is 0 Å². The molecule has 0 bridgehead atoms. The number of benzene rings is 2. The highest BCUT2D eigenvalue weighted by molar-refractivity contribution is 7.99. The summed E-state index contributed by atoms with van der Waals surface area (Å²) in [6.07, 6.45) is -0.272. The van der Waals surface area contributed by atoms with Crippen molar-refractivity contribution in [3.63, 3.8) is 0 Å². The second-order valence-corrected chi connectivity index (χ2v) is 8.14. The van der Waals surface area contributed by atoms with E-state index in [1.807, 2.05) is 67.9 Å². The van der Waals surface area contributed by atoms with Crippen molar-refractivity contribution in [2.24, 2.45) is 7.05 Å². The standard InChI is InChI=1S/C23H28N4O3S/c1-6-29-19-11-8-18(9-12-19)24-21(28)14-31-23-26-25-22(27(23)5)17(4)30-20-10-7-15(2)16(3)13-20/h7-13,17H,6,14H2,1-5H3,(H,24,28). The van der Waals surface area contributed by atoms with Crippen LogP contribution in [0.3, 0.4) is 0 Å². The van der Waals surface area contributed by atoms with Gasteiger partial charge in [-0.2, -0.15) is 0 Å². The number of amides is 1. The van der Waals surface area contributed by atoms with Gasteiger partial charge in [0.1, 0.15) is 11.5 Å². The number of rotatable bonds is 9. The van der Waals surface area contributed by atoms with Crippen LogP contribution in [0.5, 0.6) is 11.5 Å². The Kier molecular flexibility index (Phi) is 7.57. The zero-order valence-electron chi connectivity index (χ0n) is 18.5. The number of hydrogen-bond donors (Lipinski definition) is 1. The quantitative estimate of drug-likeness (QED) is 0.486. The van der Waals surface area contributed by atoms with Crippen LogP contribution in [0, 0.1) is 13.8 Å². The highest BCUT2D eigenvalue weighted by Gasteiger charge is 2.18. The third-order valence-corrected chi connectivity index (χ3v) is 5.83. The zero-order chi connectivity index (χ0) is 22.4. The third-order valence-electron chi connectivity index (χ3n) is 4.80. The lowest BCUT2D eigenvalue weighted by molar-refractivity contribution is -0.113. The molecule has 7 nitrogen and oxygen atoms in total. The molecule has 1 atom stereocenters. The van der Waals surface area contributed by atoms with Crippen molar-refractivity contribution in [3.8, 4) is 11.5 Å². The Labute approximate surface area is 187 Å². The maximum atomic E-state index is 12.3. The van der Waals surface area contributed by atoms with Crippen LogP contribution in [0.15, 0.2) is 47.6 Å². The number of aryl methyl sites for hydroxylation is 2. The average molecular weight is 441 g/mol. The van der Waals surface area contributed by atoms with Crippen molar-refractivity contribution in [2.75, 3.05) is 17.7 Å². The Morgan fingerprint density at radius 3 is 2.48 bits per heavy atom. The van der Waals surface area contributed by atoms with Gasteiger partial charge in [-0.1, -0.05) is 17.8 Å². The van der Waals surface area contributed by atoms with Gasteiger partial charge in [0, 0.05) is 12.7 Å². The monoisotopic (exact) mass is 440 g/mol. The van der Waals surface area contributed by atoms with Gasteiger partial charge in [0.25, 0.3) is 0 Å². The molecular formula is C23H28N4O3S. The zero-order valence-corrected chi connectivity index (χ0v) is 19.3.